The Morgan fingerprint density at radius 3 is 2.86 bits per heavy atom. The van der Waals surface area contributed by atoms with Crippen molar-refractivity contribution in [2.45, 2.75) is 32.4 Å². The van der Waals surface area contributed by atoms with Gasteiger partial charge < -0.3 is 10.0 Å². The van der Waals surface area contributed by atoms with E-state index in [2.05, 4.69) is 14.9 Å². The Balaban J connectivity index is 2.32. The minimum absolute atomic E-state index is 0.00662. The third-order valence-corrected chi connectivity index (χ3v) is 2.56. The van der Waals surface area contributed by atoms with E-state index in [4.69, 9.17) is 5.11 Å². The molecule has 0 amide bonds. The second-order valence-corrected chi connectivity index (χ2v) is 3.77. The minimum atomic E-state index is 0.00662. The number of aromatic nitrogens is 2. The predicted molar refractivity (Wildman–Crippen MR) is 54.1 cm³/mol. The normalized spacial score (nSPS) is 15.6. The van der Waals surface area contributed by atoms with Gasteiger partial charge in [0.2, 0.25) is 0 Å². The van der Waals surface area contributed by atoms with Gasteiger partial charge in [0.05, 0.1) is 6.61 Å². The van der Waals surface area contributed by atoms with Crippen LogP contribution in [0, 0.1) is 6.92 Å². The molecule has 1 aromatic heterocycles. The summed E-state index contributed by atoms with van der Waals surface area (Å²) in [7, 11) is 2.03. The van der Waals surface area contributed by atoms with E-state index < -0.39 is 0 Å². The predicted octanol–water partition coefficient (Wildman–Crippen LogP) is 0.876. The summed E-state index contributed by atoms with van der Waals surface area (Å²) in [5.74, 6) is 1.63. The molecule has 4 heteroatoms. The molecule has 1 aliphatic carbocycles. The molecule has 14 heavy (non-hydrogen) atoms. The number of rotatable bonds is 3. The van der Waals surface area contributed by atoms with Gasteiger partial charge in [0.25, 0.3) is 0 Å². The average molecular weight is 193 g/mol. The zero-order chi connectivity index (χ0) is 10.1. The summed E-state index contributed by atoms with van der Waals surface area (Å²) in [6, 6.07) is 0.606. The van der Waals surface area contributed by atoms with Crippen molar-refractivity contribution in [2.24, 2.45) is 0 Å². The molecule has 1 aromatic rings. The van der Waals surface area contributed by atoms with E-state index >= 15 is 0 Å². The molecule has 0 radical (unpaired) electrons. The van der Waals surface area contributed by atoms with Gasteiger partial charge in [0, 0.05) is 24.8 Å². The van der Waals surface area contributed by atoms with Gasteiger partial charge in [-0.05, 0) is 19.8 Å². The van der Waals surface area contributed by atoms with Crippen LogP contribution in [0.3, 0.4) is 0 Å². The van der Waals surface area contributed by atoms with E-state index in [1.54, 1.807) is 6.20 Å². The van der Waals surface area contributed by atoms with Crippen LogP contribution in [0.4, 0.5) is 5.82 Å². The molecule has 4 nitrogen and oxygen atoms in total. The number of aryl methyl sites for hydroxylation is 1. The first kappa shape index (κ1) is 9.40. The monoisotopic (exact) mass is 193 g/mol. The largest absolute Gasteiger partial charge is 0.391 e. The summed E-state index contributed by atoms with van der Waals surface area (Å²) in [4.78, 5) is 10.6. The van der Waals surface area contributed by atoms with Crippen LogP contribution in [0.5, 0.6) is 0 Å². The van der Waals surface area contributed by atoms with Gasteiger partial charge >= 0.3 is 0 Å². The molecule has 2 rings (SSSR count). The van der Waals surface area contributed by atoms with E-state index in [-0.39, 0.29) is 6.61 Å². The SMILES string of the molecule is Cc1ncc(CO)c(N(C)C2CC2)n1. The second kappa shape index (κ2) is 3.53. The molecule has 1 fully saturated rings. The average Bonchev–Trinajstić information content (AvgIpc) is 3.00. The Hall–Kier alpha value is -1.16. The zero-order valence-corrected chi connectivity index (χ0v) is 8.56. The quantitative estimate of drug-likeness (QED) is 0.774. The van der Waals surface area contributed by atoms with Gasteiger partial charge in [-0.2, -0.15) is 0 Å². The molecular formula is C10H15N3O. The van der Waals surface area contributed by atoms with E-state index in [1.165, 1.54) is 12.8 Å². The molecule has 1 aliphatic rings. The molecular weight excluding hydrogens is 178 g/mol. The highest BCUT2D eigenvalue weighted by Crippen LogP contribution is 2.30. The van der Waals surface area contributed by atoms with Crippen LogP contribution in [0.2, 0.25) is 0 Å². The van der Waals surface area contributed by atoms with Crippen molar-refractivity contribution in [3.63, 3.8) is 0 Å². The number of aliphatic hydroxyl groups excluding tert-OH is 1. The van der Waals surface area contributed by atoms with Crippen molar-refractivity contribution in [3.05, 3.63) is 17.6 Å². The topological polar surface area (TPSA) is 49.3 Å². The maximum atomic E-state index is 9.15. The van der Waals surface area contributed by atoms with Crippen LogP contribution in [-0.2, 0) is 6.61 Å². The highest BCUT2D eigenvalue weighted by Gasteiger charge is 2.28. The molecule has 0 saturated heterocycles. The number of hydrogen-bond donors (Lipinski definition) is 1. The van der Waals surface area contributed by atoms with Crippen LogP contribution in [-0.4, -0.2) is 28.2 Å². The molecule has 0 atom stereocenters. The first-order valence-electron chi connectivity index (χ1n) is 4.88. The lowest BCUT2D eigenvalue weighted by Gasteiger charge is -2.19. The summed E-state index contributed by atoms with van der Waals surface area (Å²) in [6.45, 7) is 1.87. The number of nitrogens with zero attached hydrogens (tertiary/aromatic N) is 3. The molecule has 0 spiro atoms. The Morgan fingerprint density at radius 1 is 1.57 bits per heavy atom. The Morgan fingerprint density at radius 2 is 2.29 bits per heavy atom. The van der Waals surface area contributed by atoms with Crippen molar-refractivity contribution in [1.82, 2.24) is 9.97 Å². The van der Waals surface area contributed by atoms with Gasteiger partial charge in [-0.25, -0.2) is 9.97 Å². The smallest absolute Gasteiger partial charge is 0.137 e. The van der Waals surface area contributed by atoms with Crippen LogP contribution in [0.1, 0.15) is 24.2 Å². The molecule has 1 heterocycles. The molecule has 1 saturated carbocycles. The van der Waals surface area contributed by atoms with Crippen LogP contribution in [0.15, 0.2) is 6.20 Å². The van der Waals surface area contributed by atoms with Gasteiger partial charge in [-0.1, -0.05) is 0 Å². The van der Waals surface area contributed by atoms with Crippen molar-refractivity contribution >= 4 is 5.82 Å². The molecule has 76 valence electrons. The summed E-state index contributed by atoms with van der Waals surface area (Å²) >= 11 is 0. The number of hydrogen-bond acceptors (Lipinski definition) is 4. The summed E-state index contributed by atoms with van der Waals surface area (Å²) < 4.78 is 0. The summed E-state index contributed by atoms with van der Waals surface area (Å²) in [5.41, 5.74) is 0.810. The number of aliphatic hydroxyl groups is 1. The van der Waals surface area contributed by atoms with Crippen molar-refractivity contribution in [1.29, 1.82) is 0 Å². The lowest BCUT2D eigenvalue weighted by Crippen LogP contribution is -2.22. The lowest BCUT2D eigenvalue weighted by atomic mass is 10.3. The third-order valence-electron chi connectivity index (χ3n) is 2.56. The van der Waals surface area contributed by atoms with Gasteiger partial charge in [-0.15, -0.1) is 0 Å². The fourth-order valence-electron chi connectivity index (χ4n) is 1.53. The van der Waals surface area contributed by atoms with Crippen molar-refractivity contribution < 1.29 is 5.11 Å². The van der Waals surface area contributed by atoms with Crippen LogP contribution >= 0.6 is 0 Å². The van der Waals surface area contributed by atoms with Gasteiger partial charge in [0.1, 0.15) is 11.6 Å². The van der Waals surface area contributed by atoms with Crippen LogP contribution in [0.25, 0.3) is 0 Å². The lowest BCUT2D eigenvalue weighted by molar-refractivity contribution is 0.281. The fourth-order valence-corrected chi connectivity index (χ4v) is 1.53. The first-order chi connectivity index (χ1) is 6.72. The Bertz CT molecular complexity index is 336. The highest BCUT2D eigenvalue weighted by molar-refractivity contribution is 5.47. The summed E-state index contributed by atoms with van der Waals surface area (Å²) in [5, 5.41) is 9.15. The highest BCUT2D eigenvalue weighted by atomic mass is 16.3. The Labute approximate surface area is 83.6 Å². The third kappa shape index (κ3) is 1.70. The van der Waals surface area contributed by atoms with E-state index in [9.17, 15) is 0 Å². The van der Waals surface area contributed by atoms with E-state index in [0.29, 0.717) is 6.04 Å². The molecule has 1 N–H and O–H groups in total. The van der Waals surface area contributed by atoms with Crippen molar-refractivity contribution in [2.75, 3.05) is 11.9 Å². The zero-order valence-electron chi connectivity index (χ0n) is 8.56. The standard InChI is InChI=1S/C10H15N3O/c1-7-11-5-8(6-14)10(12-7)13(2)9-3-4-9/h5,9,14H,3-4,6H2,1-2H3. The fraction of sp³-hybridized carbons (Fsp3) is 0.600. The molecule has 0 aliphatic heterocycles. The number of anilines is 1. The van der Waals surface area contributed by atoms with Crippen LogP contribution < -0.4 is 4.90 Å². The van der Waals surface area contributed by atoms with E-state index in [0.717, 1.165) is 17.2 Å². The van der Waals surface area contributed by atoms with E-state index in [1.807, 2.05) is 14.0 Å². The van der Waals surface area contributed by atoms with Crippen molar-refractivity contribution in [3.8, 4) is 0 Å². The van der Waals surface area contributed by atoms with Gasteiger partial charge in [0.15, 0.2) is 0 Å². The maximum absolute atomic E-state index is 9.15. The summed E-state index contributed by atoms with van der Waals surface area (Å²) in [6.07, 6.45) is 4.16. The maximum Gasteiger partial charge on any atom is 0.137 e. The minimum Gasteiger partial charge on any atom is -0.391 e. The van der Waals surface area contributed by atoms with Gasteiger partial charge in [-0.3, -0.25) is 0 Å². The first-order valence-corrected chi connectivity index (χ1v) is 4.88. The molecule has 0 bridgehead atoms. The molecule has 0 aromatic carbocycles. The molecule has 0 unspecified atom stereocenters. The second-order valence-electron chi connectivity index (χ2n) is 3.77. The Kier molecular flexibility index (Phi) is 2.37.